The van der Waals surface area contributed by atoms with Crippen LogP contribution in [0.5, 0.6) is 0 Å². The van der Waals surface area contributed by atoms with Crippen LogP contribution in [0, 0.1) is 3.77 Å². The molecule has 2 aromatic carbocycles. The molecule has 4 rings (SSSR count). The number of aliphatic hydroxyl groups is 1. The third-order valence-electron chi connectivity index (χ3n) is 5.30. The molecule has 180 valence electrons. The number of aliphatic hydroxyl groups excluding tert-OH is 1. The van der Waals surface area contributed by atoms with Crippen molar-refractivity contribution in [1.82, 2.24) is 14.9 Å². The van der Waals surface area contributed by atoms with Crippen LogP contribution in [0.25, 0.3) is 22.2 Å². The number of anilines is 2. The highest BCUT2D eigenvalue weighted by Gasteiger charge is 2.22. The molecule has 0 radical (unpaired) electrons. The Kier molecular flexibility index (Phi) is 8.11. The number of hydrogen-bond acceptors (Lipinski definition) is 7. The molecule has 1 amide bonds. The molecule has 1 atom stereocenters. The molecule has 0 fully saturated rings. The van der Waals surface area contributed by atoms with Gasteiger partial charge in [-0.3, -0.25) is 4.79 Å². The van der Waals surface area contributed by atoms with Crippen LogP contribution in [-0.4, -0.2) is 53.1 Å². The van der Waals surface area contributed by atoms with E-state index in [4.69, 9.17) is 4.42 Å². The SMILES string of the molecule is CN(C)C/C=C/C(=O)Nc1cccc(-c2c(I)oc3ncnc(N[C@H](CO)c4ccccc4)c23)c1. The molecule has 2 aromatic heterocycles. The van der Waals surface area contributed by atoms with Gasteiger partial charge in [0.15, 0.2) is 3.77 Å². The number of furan rings is 1. The van der Waals surface area contributed by atoms with E-state index in [0.717, 1.165) is 16.7 Å². The molecule has 8 nitrogen and oxygen atoms in total. The first-order valence-electron chi connectivity index (χ1n) is 11.0. The number of hydrogen-bond donors (Lipinski definition) is 3. The maximum absolute atomic E-state index is 12.3. The lowest BCUT2D eigenvalue weighted by Crippen LogP contribution is -2.16. The van der Waals surface area contributed by atoms with Crippen molar-refractivity contribution in [2.24, 2.45) is 0 Å². The number of likely N-dealkylation sites (N-methyl/N-ethyl adjacent to an activating group) is 1. The van der Waals surface area contributed by atoms with Crippen LogP contribution in [0.15, 0.2) is 77.5 Å². The number of fused-ring (bicyclic) bond motifs is 1. The number of amides is 1. The predicted octanol–water partition coefficient (Wildman–Crippen LogP) is 4.70. The average molecular weight is 583 g/mol. The summed E-state index contributed by atoms with van der Waals surface area (Å²) in [5.74, 6) is 0.357. The first-order valence-corrected chi connectivity index (χ1v) is 12.1. The van der Waals surface area contributed by atoms with E-state index in [0.29, 0.717) is 32.9 Å². The molecule has 0 bridgehead atoms. The van der Waals surface area contributed by atoms with Crippen molar-refractivity contribution in [3.8, 4) is 11.1 Å². The fourth-order valence-corrected chi connectivity index (χ4v) is 4.45. The summed E-state index contributed by atoms with van der Waals surface area (Å²) < 4.78 is 6.59. The number of halogens is 1. The smallest absolute Gasteiger partial charge is 0.248 e. The zero-order valence-corrected chi connectivity index (χ0v) is 21.6. The van der Waals surface area contributed by atoms with Gasteiger partial charge in [0.1, 0.15) is 12.1 Å². The van der Waals surface area contributed by atoms with Crippen LogP contribution in [0.1, 0.15) is 11.6 Å². The predicted molar refractivity (Wildman–Crippen MR) is 146 cm³/mol. The Labute approximate surface area is 217 Å². The van der Waals surface area contributed by atoms with Gasteiger partial charge in [-0.15, -0.1) is 0 Å². The maximum Gasteiger partial charge on any atom is 0.248 e. The summed E-state index contributed by atoms with van der Waals surface area (Å²) in [7, 11) is 3.88. The van der Waals surface area contributed by atoms with Crippen LogP contribution < -0.4 is 10.6 Å². The molecule has 4 aromatic rings. The summed E-state index contributed by atoms with van der Waals surface area (Å²) in [4.78, 5) is 23.1. The fraction of sp³-hybridized carbons (Fsp3) is 0.192. The first kappa shape index (κ1) is 24.8. The number of carbonyl (C=O) groups excluding carboxylic acids is 1. The van der Waals surface area contributed by atoms with Crippen molar-refractivity contribution in [3.05, 3.63) is 82.4 Å². The monoisotopic (exact) mass is 583 g/mol. The molecule has 0 spiro atoms. The van der Waals surface area contributed by atoms with Crippen molar-refractivity contribution in [1.29, 1.82) is 0 Å². The van der Waals surface area contributed by atoms with Gasteiger partial charge in [-0.05, 0) is 37.4 Å². The normalized spacial score (nSPS) is 12.4. The molecule has 3 N–H and O–H groups in total. The number of nitrogens with one attached hydrogen (secondary N) is 2. The standard InChI is InChI=1S/C26H26IN5O3/c1-32(2)13-7-12-21(34)30-19-11-6-10-18(14-19)22-23-25(28-16-29-26(23)35-24(22)27)31-20(15-33)17-8-4-3-5-9-17/h3-12,14,16,20,33H,13,15H2,1-2H3,(H,30,34)(H,28,29,31)/b12-7+/t20-/m1/s1. The van der Waals surface area contributed by atoms with E-state index in [1.54, 1.807) is 0 Å². The average Bonchev–Trinajstić information content (AvgIpc) is 3.19. The van der Waals surface area contributed by atoms with Crippen LogP contribution in [-0.2, 0) is 4.79 Å². The van der Waals surface area contributed by atoms with Gasteiger partial charge in [-0.2, -0.15) is 0 Å². The number of benzene rings is 2. The second kappa shape index (κ2) is 11.4. The summed E-state index contributed by atoms with van der Waals surface area (Å²) in [6.07, 6.45) is 4.77. The zero-order valence-electron chi connectivity index (χ0n) is 19.4. The van der Waals surface area contributed by atoms with Crippen LogP contribution >= 0.6 is 22.6 Å². The molecule has 0 aliphatic heterocycles. The van der Waals surface area contributed by atoms with Gasteiger partial charge in [0.25, 0.3) is 0 Å². The molecular weight excluding hydrogens is 557 g/mol. The molecule has 0 aliphatic rings. The summed E-state index contributed by atoms with van der Waals surface area (Å²) >= 11 is 2.14. The Hall–Kier alpha value is -3.28. The van der Waals surface area contributed by atoms with Crippen LogP contribution in [0.2, 0.25) is 0 Å². The van der Waals surface area contributed by atoms with Gasteiger partial charge in [0, 0.05) is 46.5 Å². The van der Waals surface area contributed by atoms with E-state index >= 15 is 0 Å². The third kappa shape index (κ3) is 6.05. The molecule has 9 heteroatoms. The molecule has 0 saturated carbocycles. The number of aromatic nitrogens is 2. The first-order chi connectivity index (χ1) is 17.0. The van der Waals surface area contributed by atoms with Gasteiger partial charge in [0.05, 0.1) is 18.0 Å². The maximum atomic E-state index is 12.3. The van der Waals surface area contributed by atoms with Gasteiger partial charge in [0.2, 0.25) is 11.6 Å². The Balaban J connectivity index is 1.67. The third-order valence-corrected chi connectivity index (χ3v) is 6.06. The van der Waals surface area contributed by atoms with Crippen molar-refractivity contribution in [2.75, 3.05) is 37.9 Å². The second-order valence-electron chi connectivity index (χ2n) is 8.18. The highest BCUT2D eigenvalue weighted by molar-refractivity contribution is 14.1. The van der Waals surface area contributed by atoms with E-state index < -0.39 is 0 Å². The zero-order chi connectivity index (χ0) is 24.8. The molecule has 0 aliphatic carbocycles. The van der Waals surface area contributed by atoms with E-state index in [9.17, 15) is 9.90 Å². The van der Waals surface area contributed by atoms with Crippen LogP contribution in [0.4, 0.5) is 11.5 Å². The quantitative estimate of drug-likeness (QED) is 0.194. The van der Waals surface area contributed by atoms with E-state index in [2.05, 4.69) is 43.2 Å². The van der Waals surface area contributed by atoms with Crippen molar-refractivity contribution in [2.45, 2.75) is 6.04 Å². The fourth-order valence-electron chi connectivity index (χ4n) is 3.67. The Bertz CT molecular complexity index is 1340. The second-order valence-corrected chi connectivity index (χ2v) is 9.16. The lowest BCUT2D eigenvalue weighted by Gasteiger charge is -2.18. The van der Waals surface area contributed by atoms with E-state index in [-0.39, 0.29) is 18.6 Å². The Morgan fingerprint density at radius 1 is 1.17 bits per heavy atom. The number of carbonyl (C=O) groups is 1. The van der Waals surface area contributed by atoms with Gasteiger partial charge < -0.3 is 25.1 Å². The molecular formula is C26H26IN5O3. The molecule has 35 heavy (non-hydrogen) atoms. The minimum atomic E-state index is -0.353. The number of nitrogens with zero attached hydrogens (tertiary/aromatic N) is 3. The van der Waals surface area contributed by atoms with Crippen molar-refractivity contribution in [3.63, 3.8) is 0 Å². The molecule has 0 unspecified atom stereocenters. The van der Waals surface area contributed by atoms with E-state index in [1.165, 1.54) is 12.4 Å². The van der Waals surface area contributed by atoms with Gasteiger partial charge in [-0.1, -0.05) is 48.5 Å². The summed E-state index contributed by atoms with van der Waals surface area (Å²) in [6, 6.07) is 16.9. The Morgan fingerprint density at radius 3 is 2.71 bits per heavy atom. The lowest BCUT2D eigenvalue weighted by molar-refractivity contribution is -0.111. The topological polar surface area (TPSA) is 104 Å². The van der Waals surface area contributed by atoms with Crippen molar-refractivity contribution < 1.29 is 14.3 Å². The van der Waals surface area contributed by atoms with Crippen molar-refractivity contribution >= 4 is 51.1 Å². The summed E-state index contributed by atoms with van der Waals surface area (Å²) in [5, 5.41) is 17.0. The largest absolute Gasteiger partial charge is 0.431 e. The minimum Gasteiger partial charge on any atom is -0.431 e. The Morgan fingerprint density at radius 2 is 1.97 bits per heavy atom. The number of rotatable bonds is 9. The van der Waals surface area contributed by atoms with Gasteiger partial charge in [-0.25, -0.2) is 9.97 Å². The lowest BCUT2D eigenvalue weighted by atomic mass is 10.0. The summed E-state index contributed by atoms with van der Waals surface area (Å²) in [5.41, 5.74) is 3.70. The van der Waals surface area contributed by atoms with Crippen LogP contribution in [0.3, 0.4) is 0 Å². The molecule has 2 heterocycles. The van der Waals surface area contributed by atoms with E-state index in [1.807, 2.05) is 79.7 Å². The summed E-state index contributed by atoms with van der Waals surface area (Å²) in [6.45, 7) is 0.572. The highest BCUT2D eigenvalue weighted by Crippen LogP contribution is 2.39. The highest BCUT2D eigenvalue weighted by atomic mass is 127. The minimum absolute atomic E-state index is 0.108. The van der Waals surface area contributed by atoms with Gasteiger partial charge >= 0.3 is 0 Å². The molecule has 0 saturated heterocycles.